The molecule has 2 fully saturated rings. The Kier molecular flexibility index (Phi) is 8.32. The minimum absolute atomic E-state index is 0.0697. The summed E-state index contributed by atoms with van der Waals surface area (Å²) < 4.78 is 23.1. The summed E-state index contributed by atoms with van der Waals surface area (Å²) in [7, 11) is 4.96. The lowest BCUT2D eigenvalue weighted by molar-refractivity contribution is -0.134. The fraction of sp³-hybridized carbons (Fsp3) is 0.484. The number of aromatic nitrogens is 1. The number of para-hydroxylation sites is 1. The molecule has 1 saturated carbocycles. The van der Waals surface area contributed by atoms with Crippen LogP contribution in [0.1, 0.15) is 50.5 Å². The van der Waals surface area contributed by atoms with Gasteiger partial charge in [-0.2, -0.15) is 0 Å². The molecule has 2 aliphatic rings. The molecular weight excluding hydrogens is 480 g/mol. The van der Waals surface area contributed by atoms with Crippen LogP contribution in [0.4, 0.5) is 0 Å². The summed E-state index contributed by atoms with van der Waals surface area (Å²) in [6.07, 6.45) is 7.40. The van der Waals surface area contributed by atoms with Gasteiger partial charge in [-0.15, -0.1) is 0 Å². The van der Waals surface area contributed by atoms with E-state index in [1.54, 1.807) is 21.3 Å². The van der Waals surface area contributed by atoms with Gasteiger partial charge in [0.25, 0.3) is 0 Å². The Morgan fingerprint density at radius 3 is 2.39 bits per heavy atom. The molecule has 0 spiro atoms. The molecular formula is C31H38N2O5. The van der Waals surface area contributed by atoms with E-state index in [-0.39, 0.29) is 12.0 Å². The highest BCUT2D eigenvalue weighted by molar-refractivity contribution is 5.93. The molecule has 0 radical (unpaired) electrons. The smallest absolute Gasteiger partial charge is 0.223 e. The molecule has 3 aromatic rings. The molecule has 1 aliphatic heterocycles. The molecule has 1 amide bonds. The monoisotopic (exact) mass is 518 g/mol. The van der Waals surface area contributed by atoms with E-state index in [1.165, 1.54) is 12.8 Å². The number of hydrogen-bond acceptors (Lipinski definition) is 6. The quantitative estimate of drug-likeness (QED) is 0.327. The van der Waals surface area contributed by atoms with Crippen LogP contribution in [0, 0.1) is 5.92 Å². The third-order valence-electron chi connectivity index (χ3n) is 7.89. The zero-order chi connectivity index (χ0) is 26.5. The van der Waals surface area contributed by atoms with Gasteiger partial charge in [-0.1, -0.05) is 25.0 Å². The number of nitrogens with zero attached hydrogens (tertiary/aromatic N) is 2. The van der Waals surface area contributed by atoms with Gasteiger partial charge in [0.15, 0.2) is 0 Å². The second-order valence-electron chi connectivity index (χ2n) is 10.3. The standard InChI is InChI=1S/C31H38N2O5/c1-35-26-13-7-6-12-24(26)30-22(18-25-27(36-2)14-15-28(37-3)31(25)32-30)19-33(20-23-11-8-16-38-23)29(34)17-21-9-4-5-10-21/h6-7,12-15,18,21,23H,4-5,8-11,16-17,19-20H2,1-3H3/t23-/m0/s1. The van der Waals surface area contributed by atoms with Gasteiger partial charge in [-0.05, 0) is 67.5 Å². The summed E-state index contributed by atoms with van der Waals surface area (Å²) in [6, 6.07) is 13.7. The van der Waals surface area contributed by atoms with E-state index >= 15 is 0 Å². The number of carbonyl (C=O) groups is 1. The SMILES string of the molecule is COc1ccccc1-c1nc2c(OC)ccc(OC)c2cc1CN(C[C@@H]1CCCO1)C(=O)CC1CCCC1. The van der Waals surface area contributed by atoms with Crippen LogP contribution in [0.5, 0.6) is 17.2 Å². The molecule has 7 heteroatoms. The molecule has 202 valence electrons. The maximum atomic E-state index is 13.7. The molecule has 0 unspecified atom stereocenters. The van der Waals surface area contributed by atoms with Crippen molar-refractivity contribution in [2.24, 2.45) is 5.92 Å². The van der Waals surface area contributed by atoms with Gasteiger partial charge < -0.3 is 23.8 Å². The zero-order valence-electron chi connectivity index (χ0n) is 22.7. The van der Waals surface area contributed by atoms with E-state index in [0.29, 0.717) is 42.4 Å². The van der Waals surface area contributed by atoms with Crippen LogP contribution in [0.2, 0.25) is 0 Å². The number of amides is 1. The first-order valence-electron chi connectivity index (χ1n) is 13.7. The second-order valence-corrected chi connectivity index (χ2v) is 10.3. The number of hydrogen-bond donors (Lipinski definition) is 0. The average Bonchev–Trinajstić information content (AvgIpc) is 3.66. The number of fused-ring (bicyclic) bond motifs is 1. The Bertz CT molecular complexity index is 1260. The Morgan fingerprint density at radius 2 is 1.68 bits per heavy atom. The summed E-state index contributed by atoms with van der Waals surface area (Å²) in [6.45, 7) is 1.78. The van der Waals surface area contributed by atoms with Crippen molar-refractivity contribution in [3.05, 3.63) is 48.0 Å². The molecule has 2 heterocycles. The topological polar surface area (TPSA) is 70.1 Å². The number of carbonyl (C=O) groups excluding carboxylic acids is 1. The van der Waals surface area contributed by atoms with Crippen molar-refractivity contribution in [2.45, 2.75) is 57.6 Å². The number of pyridine rings is 1. The summed E-state index contributed by atoms with van der Waals surface area (Å²) in [5.74, 6) is 2.77. The van der Waals surface area contributed by atoms with E-state index in [4.69, 9.17) is 23.9 Å². The molecule has 0 bridgehead atoms. The molecule has 0 N–H and O–H groups in total. The summed E-state index contributed by atoms with van der Waals surface area (Å²) in [5.41, 5.74) is 3.29. The summed E-state index contributed by atoms with van der Waals surface area (Å²) >= 11 is 0. The molecule has 1 atom stereocenters. The van der Waals surface area contributed by atoms with Crippen molar-refractivity contribution in [3.8, 4) is 28.5 Å². The van der Waals surface area contributed by atoms with Gasteiger partial charge in [0.2, 0.25) is 5.91 Å². The van der Waals surface area contributed by atoms with E-state index in [1.807, 2.05) is 41.3 Å². The van der Waals surface area contributed by atoms with Gasteiger partial charge in [0.1, 0.15) is 22.8 Å². The average molecular weight is 519 g/mol. The summed E-state index contributed by atoms with van der Waals surface area (Å²) in [5, 5.41) is 0.848. The number of ether oxygens (including phenoxy) is 4. The van der Waals surface area contributed by atoms with Crippen LogP contribution in [0.15, 0.2) is 42.5 Å². The Morgan fingerprint density at radius 1 is 0.947 bits per heavy atom. The van der Waals surface area contributed by atoms with Crippen molar-refractivity contribution in [1.29, 1.82) is 0 Å². The molecule has 5 rings (SSSR count). The number of methoxy groups -OCH3 is 3. The number of benzene rings is 2. The van der Waals surface area contributed by atoms with E-state index in [0.717, 1.165) is 60.2 Å². The first-order chi connectivity index (χ1) is 18.6. The molecule has 1 saturated heterocycles. The maximum Gasteiger partial charge on any atom is 0.223 e. The van der Waals surface area contributed by atoms with Crippen LogP contribution < -0.4 is 14.2 Å². The van der Waals surface area contributed by atoms with Gasteiger partial charge in [-0.3, -0.25) is 4.79 Å². The van der Waals surface area contributed by atoms with Gasteiger partial charge in [0.05, 0.1) is 33.1 Å². The molecule has 2 aromatic carbocycles. The highest BCUT2D eigenvalue weighted by atomic mass is 16.5. The van der Waals surface area contributed by atoms with Gasteiger partial charge in [0, 0.05) is 37.1 Å². The fourth-order valence-corrected chi connectivity index (χ4v) is 5.87. The largest absolute Gasteiger partial charge is 0.496 e. The van der Waals surface area contributed by atoms with Crippen molar-refractivity contribution in [2.75, 3.05) is 34.5 Å². The van der Waals surface area contributed by atoms with Crippen molar-refractivity contribution in [3.63, 3.8) is 0 Å². The molecule has 1 aromatic heterocycles. The Hall–Kier alpha value is -3.32. The first kappa shape index (κ1) is 26.3. The highest BCUT2D eigenvalue weighted by Crippen LogP contribution is 2.39. The van der Waals surface area contributed by atoms with Crippen molar-refractivity contribution >= 4 is 16.8 Å². The van der Waals surface area contributed by atoms with Crippen LogP contribution >= 0.6 is 0 Å². The molecule has 7 nitrogen and oxygen atoms in total. The van der Waals surface area contributed by atoms with E-state index < -0.39 is 0 Å². The maximum absolute atomic E-state index is 13.7. The lowest BCUT2D eigenvalue weighted by Gasteiger charge is -2.28. The lowest BCUT2D eigenvalue weighted by atomic mass is 9.99. The predicted molar refractivity (Wildman–Crippen MR) is 148 cm³/mol. The van der Waals surface area contributed by atoms with Crippen molar-refractivity contribution < 1.29 is 23.7 Å². The predicted octanol–water partition coefficient (Wildman–Crippen LogP) is 6.02. The minimum Gasteiger partial charge on any atom is -0.496 e. The highest BCUT2D eigenvalue weighted by Gasteiger charge is 2.28. The van der Waals surface area contributed by atoms with Crippen LogP contribution in [0.25, 0.3) is 22.2 Å². The third-order valence-corrected chi connectivity index (χ3v) is 7.89. The van der Waals surface area contributed by atoms with Gasteiger partial charge in [-0.25, -0.2) is 4.98 Å². The minimum atomic E-state index is 0.0697. The summed E-state index contributed by atoms with van der Waals surface area (Å²) in [4.78, 5) is 20.8. The third kappa shape index (κ3) is 5.58. The Balaban J connectivity index is 1.61. The van der Waals surface area contributed by atoms with E-state index in [9.17, 15) is 4.79 Å². The molecule has 1 aliphatic carbocycles. The van der Waals surface area contributed by atoms with Crippen LogP contribution in [0.3, 0.4) is 0 Å². The van der Waals surface area contributed by atoms with Gasteiger partial charge >= 0.3 is 0 Å². The van der Waals surface area contributed by atoms with Crippen LogP contribution in [-0.4, -0.2) is 56.4 Å². The lowest BCUT2D eigenvalue weighted by Crippen LogP contribution is -2.37. The first-order valence-corrected chi connectivity index (χ1v) is 13.7. The number of rotatable bonds is 10. The normalized spacial score (nSPS) is 17.6. The second kappa shape index (κ2) is 12.0. The van der Waals surface area contributed by atoms with Crippen molar-refractivity contribution in [1.82, 2.24) is 9.88 Å². The van der Waals surface area contributed by atoms with Crippen LogP contribution in [-0.2, 0) is 16.1 Å². The van der Waals surface area contributed by atoms with E-state index in [2.05, 4.69) is 6.07 Å². The molecule has 38 heavy (non-hydrogen) atoms. The fourth-order valence-electron chi connectivity index (χ4n) is 5.87. The zero-order valence-corrected chi connectivity index (χ0v) is 22.7. The Labute approximate surface area is 225 Å².